The molecule has 0 bridgehead atoms. The molecule has 0 spiro atoms. The van der Waals surface area contributed by atoms with Crippen molar-refractivity contribution in [2.24, 2.45) is 0 Å². The number of aromatic hydroxyl groups is 1. The smallest absolute Gasteiger partial charge is 0.335 e. The van der Waals surface area contributed by atoms with Crippen molar-refractivity contribution in [2.75, 3.05) is 17.6 Å². The fourth-order valence-corrected chi connectivity index (χ4v) is 1.86. The summed E-state index contributed by atoms with van der Waals surface area (Å²) in [6.45, 7) is 0.668. The van der Waals surface area contributed by atoms with Gasteiger partial charge in [-0.2, -0.15) is 0 Å². The molecule has 5 heteroatoms. The molecule has 0 aliphatic rings. The monoisotopic (exact) mass is 272 g/mol. The van der Waals surface area contributed by atoms with Gasteiger partial charge in [-0.3, -0.25) is 0 Å². The molecule has 0 atom stereocenters. The van der Waals surface area contributed by atoms with Crippen molar-refractivity contribution < 1.29 is 15.0 Å². The minimum Gasteiger partial charge on any atom is -0.508 e. The average Bonchev–Trinajstić information content (AvgIpc) is 2.42. The number of nitrogen functional groups attached to an aromatic ring is 1. The van der Waals surface area contributed by atoms with Gasteiger partial charge in [-0.1, -0.05) is 12.1 Å². The van der Waals surface area contributed by atoms with E-state index in [1.54, 1.807) is 18.2 Å². The van der Waals surface area contributed by atoms with Crippen LogP contribution < -0.4 is 11.1 Å². The van der Waals surface area contributed by atoms with Crippen molar-refractivity contribution in [2.45, 2.75) is 6.42 Å². The molecule has 0 unspecified atom stereocenters. The molecule has 0 saturated carbocycles. The van der Waals surface area contributed by atoms with Crippen LogP contribution in [-0.2, 0) is 6.42 Å². The van der Waals surface area contributed by atoms with E-state index in [2.05, 4.69) is 5.32 Å². The third-order valence-corrected chi connectivity index (χ3v) is 2.96. The Bertz CT molecular complexity index is 609. The molecule has 2 aromatic carbocycles. The zero-order chi connectivity index (χ0) is 14.5. The van der Waals surface area contributed by atoms with Crippen LogP contribution in [0.15, 0.2) is 42.5 Å². The number of phenolic OH excluding ortho intramolecular Hbond substituents is 1. The molecule has 0 aliphatic heterocycles. The van der Waals surface area contributed by atoms with E-state index >= 15 is 0 Å². The van der Waals surface area contributed by atoms with Crippen LogP contribution in [0.2, 0.25) is 0 Å². The number of anilines is 2. The number of carboxylic acid groups (broad SMARTS) is 1. The number of nitrogens with two attached hydrogens (primary N) is 1. The fourth-order valence-electron chi connectivity index (χ4n) is 1.86. The summed E-state index contributed by atoms with van der Waals surface area (Å²) in [5.74, 6) is -0.748. The van der Waals surface area contributed by atoms with Crippen LogP contribution in [0.3, 0.4) is 0 Å². The van der Waals surface area contributed by atoms with Crippen molar-refractivity contribution in [3.63, 3.8) is 0 Å². The molecule has 20 heavy (non-hydrogen) atoms. The molecule has 5 nitrogen and oxygen atoms in total. The van der Waals surface area contributed by atoms with Gasteiger partial charge >= 0.3 is 5.97 Å². The quantitative estimate of drug-likeness (QED) is 0.626. The third kappa shape index (κ3) is 3.41. The van der Waals surface area contributed by atoms with E-state index in [9.17, 15) is 9.90 Å². The Balaban J connectivity index is 1.94. The van der Waals surface area contributed by atoms with Gasteiger partial charge < -0.3 is 21.3 Å². The van der Waals surface area contributed by atoms with Crippen LogP contribution in [0.4, 0.5) is 11.4 Å². The summed E-state index contributed by atoms with van der Waals surface area (Å²) in [6, 6.07) is 11.6. The summed E-state index contributed by atoms with van der Waals surface area (Å²) in [4.78, 5) is 10.8. The van der Waals surface area contributed by atoms with Crippen molar-refractivity contribution in [1.29, 1.82) is 0 Å². The highest BCUT2D eigenvalue weighted by Gasteiger charge is 2.05. The number of benzene rings is 2. The van der Waals surface area contributed by atoms with Crippen LogP contribution in [0, 0.1) is 0 Å². The number of aromatic carboxylic acids is 1. The molecule has 5 N–H and O–H groups in total. The number of nitrogens with one attached hydrogen (secondary N) is 1. The maximum Gasteiger partial charge on any atom is 0.335 e. The SMILES string of the molecule is Nc1cc(C(=O)O)ccc1NCCc1ccc(O)cc1. The number of carbonyl (C=O) groups is 1. The van der Waals surface area contributed by atoms with Crippen LogP contribution in [0.5, 0.6) is 5.75 Å². The second kappa shape index (κ2) is 5.97. The van der Waals surface area contributed by atoms with Gasteiger partial charge in [-0.25, -0.2) is 4.79 Å². The van der Waals surface area contributed by atoms with Crippen molar-refractivity contribution in [1.82, 2.24) is 0 Å². The lowest BCUT2D eigenvalue weighted by Gasteiger charge is -2.10. The average molecular weight is 272 g/mol. The first kappa shape index (κ1) is 13.7. The number of rotatable bonds is 5. The topological polar surface area (TPSA) is 95.6 Å². The van der Waals surface area contributed by atoms with E-state index in [-0.39, 0.29) is 11.3 Å². The second-order valence-electron chi connectivity index (χ2n) is 4.45. The Morgan fingerprint density at radius 3 is 2.45 bits per heavy atom. The number of carboxylic acids is 1. The molecule has 104 valence electrons. The zero-order valence-corrected chi connectivity index (χ0v) is 10.8. The van der Waals surface area contributed by atoms with Crippen LogP contribution >= 0.6 is 0 Å². The summed E-state index contributed by atoms with van der Waals surface area (Å²) < 4.78 is 0. The van der Waals surface area contributed by atoms with Gasteiger partial charge in [0.2, 0.25) is 0 Å². The predicted molar refractivity (Wildman–Crippen MR) is 78.1 cm³/mol. The van der Waals surface area contributed by atoms with Crippen LogP contribution in [0.1, 0.15) is 15.9 Å². The van der Waals surface area contributed by atoms with Crippen molar-refractivity contribution >= 4 is 17.3 Å². The first-order valence-corrected chi connectivity index (χ1v) is 6.21. The molecule has 2 rings (SSSR count). The lowest BCUT2D eigenvalue weighted by Crippen LogP contribution is -2.08. The number of phenols is 1. The fraction of sp³-hybridized carbons (Fsp3) is 0.133. The van der Waals surface area contributed by atoms with Gasteiger partial charge in [-0.15, -0.1) is 0 Å². The van der Waals surface area contributed by atoms with E-state index in [4.69, 9.17) is 10.8 Å². The van der Waals surface area contributed by atoms with Gasteiger partial charge in [-0.05, 0) is 42.3 Å². The number of hydrogen-bond acceptors (Lipinski definition) is 4. The van der Waals surface area contributed by atoms with Crippen molar-refractivity contribution in [3.8, 4) is 5.75 Å². The summed E-state index contributed by atoms with van der Waals surface area (Å²) in [5, 5.41) is 21.2. The Morgan fingerprint density at radius 1 is 1.15 bits per heavy atom. The summed E-state index contributed by atoms with van der Waals surface area (Å²) in [5.41, 5.74) is 8.19. The molecule has 0 saturated heterocycles. The first-order chi connectivity index (χ1) is 9.56. The van der Waals surface area contributed by atoms with Gasteiger partial charge in [0, 0.05) is 6.54 Å². The Hall–Kier alpha value is -2.69. The van der Waals surface area contributed by atoms with E-state index < -0.39 is 5.97 Å². The molecule has 0 fully saturated rings. The highest BCUT2D eigenvalue weighted by molar-refractivity contribution is 5.90. The summed E-state index contributed by atoms with van der Waals surface area (Å²) in [7, 11) is 0. The largest absolute Gasteiger partial charge is 0.508 e. The highest BCUT2D eigenvalue weighted by atomic mass is 16.4. The number of hydrogen-bond donors (Lipinski definition) is 4. The molecular weight excluding hydrogens is 256 g/mol. The standard InChI is InChI=1S/C15H16N2O3/c16-13-9-11(15(19)20)3-6-14(13)17-8-7-10-1-4-12(18)5-2-10/h1-6,9,17-18H,7-8,16H2,(H,19,20). The maximum atomic E-state index is 10.8. The molecular formula is C15H16N2O3. The minimum absolute atomic E-state index is 0.173. The lowest BCUT2D eigenvalue weighted by molar-refractivity contribution is 0.0697. The normalized spacial score (nSPS) is 10.2. The van der Waals surface area contributed by atoms with E-state index in [1.165, 1.54) is 12.1 Å². The maximum absolute atomic E-state index is 10.8. The molecule has 0 aromatic heterocycles. The minimum atomic E-state index is -0.993. The van der Waals surface area contributed by atoms with E-state index in [0.29, 0.717) is 17.9 Å². The predicted octanol–water partition coefficient (Wildman–Crippen LogP) is 2.33. The second-order valence-corrected chi connectivity index (χ2v) is 4.45. The highest BCUT2D eigenvalue weighted by Crippen LogP contribution is 2.20. The summed E-state index contributed by atoms with van der Waals surface area (Å²) in [6.07, 6.45) is 0.778. The molecule has 2 aromatic rings. The zero-order valence-electron chi connectivity index (χ0n) is 10.8. The lowest BCUT2D eigenvalue weighted by atomic mass is 10.1. The van der Waals surface area contributed by atoms with Gasteiger partial charge in [0.05, 0.1) is 16.9 Å². The van der Waals surface area contributed by atoms with E-state index in [0.717, 1.165) is 12.0 Å². The van der Waals surface area contributed by atoms with Crippen LogP contribution in [0.25, 0.3) is 0 Å². The first-order valence-electron chi connectivity index (χ1n) is 6.21. The third-order valence-electron chi connectivity index (χ3n) is 2.96. The van der Waals surface area contributed by atoms with Gasteiger partial charge in [0.15, 0.2) is 0 Å². The Kier molecular flexibility index (Phi) is 4.10. The summed E-state index contributed by atoms with van der Waals surface area (Å²) >= 11 is 0. The van der Waals surface area contributed by atoms with Gasteiger partial charge in [0.25, 0.3) is 0 Å². The van der Waals surface area contributed by atoms with Crippen molar-refractivity contribution in [3.05, 3.63) is 53.6 Å². The molecule has 0 radical (unpaired) electrons. The van der Waals surface area contributed by atoms with Crippen LogP contribution in [-0.4, -0.2) is 22.7 Å². The molecule has 0 amide bonds. The molecule has 0 heterocycles. The Labute approximate surface area is 116 Å². The van der Waals surface area contributed by atoms with E-state index in [1.807, 2.05) is 12.1 Å². The Morgan fingerprint density at radius 2 is 1.85 bits per heavy atom. The molecule has 0 aliphatic carbocycles. The van der Waals surface area contributed by atoms with Gasteiger partial charge in [0.1, 0.15) is 5.75 Å².